The highest BCUT2D eigenvalue weighted by Crippen LogP contribution is 2.32. The molecule has 0 saturated carbocycles. The first-order chi connectivity index (χ1) is 11.6. The molecule has 1 aliphatic rings. The molecule has 7 nitrogen and oxygen atoms in total. The van der Waals surface area contributed by atoms with E-state index in [2.05, 4.69) is 4.98 Å². The number of hydrogen-bond donors (Lipinski definition) is 1. The number of amides is 1. The van der Waals surface area contributed by atoms with E-state index in [9.17, 15) is 14.7 Å². The summed E-state index contributed by atoms with van der Waals surface area (Å²) in [5.74, 6) is -1.18. The summed E-state index contributed by atoms with van der Waals surface area (Å²) in [5, 5.41) is 12.0. The van der Waals surface area contributed by atoms with Crippen LogP contribution in [0.25, 0.3) is 10.6 Å². The number of carboxylic acids is 1. The molecular weight excluding hydrogens is 332 g/mol. The number of nitrogens with zero attached hydrogens (tertiary/aromatic N) is 2. The van der Waals surface area contributed by atoms with Crippen LogP contribution in [-0.2, 0) is 9.53 Å². The van der Waals surface area contributed by atoms with Crippen molar-refractivity contribution in [2.45, 2.75) is 12.8 Å². The molecule has 1 N–H and O–H groups in total. The molecule has 1 unspecified atom stereocenters. The Morgan fingerprint density at radius 2 is 2.38 bits per heavy atom. The Kier molecular flexibility index (Phi) is 4.68. The fourth-order valence-corrected chi connectivity index (χ4v) is 3.77. The number of hydrogen-bond acceptors (Lipinski definition) is 6. The van der Waals surface area contributed by atoms with Crippen molar-refractivity contribution in [2.24, 2.45) is 5.41 Å². The van der Waals surface area contributed by atoms with E-state index < -0.39 is 11.4 Å². The first kappa shape index (κ1) is 16.7. The summed E-state index contributed by atoms with van der Waals surface area (Å²) < 4.78 is 10.1. The molecule has 8 heteroatoms. The summed E-state index contributed by atoms with van der Waals surface area (Å²) in [6.07, 6.45) is 4.24. The lowest BCUT2D eigenvalue weighted by molar-refractivity contribution is -0.155. The molecule has 24 heavy (non-hydrogen) atoms. The molecule has 3 rings (SSSR count). The van der Waals surface area contributed by atoms with Crippen LogP contribution in [0.4, 0.5) is 0 Å². The lowest BCUT2D eigenvalue weighted by atomic mass is 9.80. The second-order valence-electron chi connectivity index (χ2n) is 5.90. The molecule has 128 valence electrons. The van der Waals surface area contributed by atoms with E-state index in [1.807, 2.05) is 0 Å². The highest BCUT2D eigenvalue weighted by Gasteiger charge is 2.44. The summed E-state index contributed by atoms with van der Waals surface area (Å²) in [6.45, 7) is 0.743. The maximum absolute atomic E-state index is 12.7. The first-order valence-corrected chi connectivity index (χ1v) is 8.43. The number of likely N-dealkylation sites (tertiary alicyclic amines) is 1. The number of carbonyl (C=O) groups is 2. The molecule has 3 heterocycles. The summed E-state index contributed by atoms with van der Waals surface area (Å²) in [4.78, 5) is 30.3. The highest BCUT2D eigenvalue weighted by molar-refractivity contribution is 7.13. The number of aliphatic carboxylic acids is 1. The van der Waals surface area contributed by atoms with E-state index in [-0.39, 0.29) is 19.1 Å². The van der Waals surface area contributed by atoms with Gasteiger partial charge in [0.05, 0.1) is 12.9 Å². The van der Waals surface area contributed by atoms with Crippen LogP contribution in [0.15, 0.2) is 28.4 Å². The van der Waals surface area contributed by atoms with E-state index in [0.29, 0.717) is 30.1 Å². The molecular formula is C16H18N2O5S. The standard InChI is InChI=1S/C16H18N2O5S/c1-22-10-16(15(20)21)4-2-5-18(9-16)14(19)12-8-24-13(17-12)11-3-6-23-7-11/h3,6-8H,2,4-5,9-10H2,1H3,(H,20,21). The molecule has 1 saturated heterocycles. The number of methoxy groups -OCH3 is 1. The summed E-state index contributed by atoms with van der Waals surface area (Å²) in [5.41, 5.74) is 0.0956. The minimum absolute atomic E-state index is 0.0868. The number of piperidine rings is 1. The number of aromatic nitrogens is 1. The molecule has 0 aromatic carbocycles. The van der Waals surface area contributed by atoms with Gasteiger partial charge < -0.3 is 19.2 Å². The summed E-state index contributed by atoms with van der Waals surface area (Å²) >= 11 is 1.36. The smallest absolute Gasteiger partial charge is 0.313 e. The Morgan fingerprint density at radius 3 is 3.04 bits per heavy atom. The maximum atomic E-state index is 12.7. The number of ether oxygens (including phenoxy) is 1. The van der Waals surface area contributed by atoms with Crippen molar-refractivity contribution in [2.75, 3.05) is 26.8 Å². The van der Waals surface area contributed by atoms with Crippen LogP contribution in [0.2, 0.25) is 0 Å². The summed E-state index contributed by atoms with van der Waals surface area (Å²) in [7, 11) is 1.48. The van der Waals surface area contributed by atoms with Crippen LogP contribution in [0, 0.1) is 5.41 Å². The lowest BCUT2D eigenvalue weighted by Crippen LogP contribution is -2.52. The van der Waals surface area contributed by atoms with Crippen molar-refractivity contribution < 1.29 is 23.8 Å². The van der Waals surface area contributed by atoms with Crippen LogP contribution in [-0.4, -0.2) is 53.7 Å². The zero-order valence-corrected chi connectivity index (χ0v) is 14.0. The van der Waals surface area contributed by atoms with Crippen molar-refractivity contribution in [1.82, 2.24) is 9.88 Å². The second kappa shape index (κ2) is 6.74. The quantitative estimate of drug-likeness (QED) is 0.890. The van der Waals surface area contributed by atoms with Crippen LogP contribution in [0.5, 0.6) is 0 Å². The predicted octanol–water partition coefficient (Wildman–Crippen LogP) is 2.36. The van der Waals surface area contributed by atoms with E-state index in [1.165, 1.54) is 18.4 Å². The Labute approximate surface area is 142 Å². The number of carboxylic acid groups (broad SMARTS) is 1. The van der Waals surface area contributed by atoms with Gasteiger partial charge in [0.1, 0.15) is 22.4 Å². The highest BCUT2D eigenvalue weighted by atomic mass is 32.1. The third-order valence-electron chi connectivity index (χ3n) is 4.23. The number of furan rings is 1. The van der Waals surface area contributed by atoms with Gasteiger partial charge in [-0.15, -0.1) is 11.3 Å². The van der Waals surface area contributed by atoms with Crippen LogP contribution in [0.1, 0.15) is 23.3 Å². The molecule has 1 aliphatic heterocycles. The van der Waals surface area contributed by atoms with Crippen molar-refractivity contribution in [3.63, 3.8) is 0 Å². The fraction of sp³-hybridized carbons (Fsp3) is 0.438. The van der Waals surface area contributed by atoms with Gasteiger partial charge in [-0.3, -0.25) is 9.59 Å². The van der Waals surface area contributed by atoms with Crippen molar-refractivity contribution in [1.29, 1.82) is 0 Å². The van der Waals surface area contributed by atoms with Crippen LogP contribution < -0.4 is 0 Å². The minimum Gasteiger partial charge on any atom is -0.481 e. The van der Waals surface area contributed by atoms with Crippen LogP contribution in [0.3, 0.4) is 0 Å². The van der Waals surface area contributed by atoms with Gasteiger partial charge in [-0.05, 0) is 18.9 Å². The molecule has 1 fully saturated rings. The molecule has 0 spiro atoms. The zero-order valence-electron chi connectivity index (χ0n) is 13.2. The SMILES string of the molecule is COCC1(C(=O)O)CCCN(C(=O)c2csc(-c3ccoc3)n2)C1. The van der Waals surface area contributed by atoms with Crippen LogP contribution >= 0.6 is 11.3 Å². The van der Waals surface area contributed by atoms with E-state index in [0.717, 1.165) is 5.56 Å². The summed E-state index contributed by atoms with van der Waals surface area (Å²) in [6, 6.07) is 1.78. The Balaban J connectivity index is 1.78. The Hall–Kier alpha value is -2.19. The van der Waals surface area contributed by atoms with Gasteiger partial charge in [0.25, 0.3) is 5.91 Å². The van der Waals surface area contributed by atoms with Gasteiger partial charge in [0.2, 0.25) is 0 Å². The third-order valence-corrected chi connectivity index (χ3v) is 5.12. The number of thiazole rings is 1. The molecule has 2 aromatic rings. The van der Waals surface area contributed by atoms with Gasteiger partial charge in [-0.1, -0.05) is 0 Å². The van der Waals surface area contributed by atoms with Crippen molar-refractivity contribution >= 4 is 23.2 Å². The molecule has 1 amide bonds. The van der Waals surface area contributed by atoms with E-state index >= 15 is 0 Å². The Morgan fingerprint density at radius 1 is 1.54 bits per heavy atom. The van der Waals surface area contributed by atoms with Crippen molar-refractivity contribution in [3.8, 4) is 10.6 Å². The molecule has 0 radical (unpaired) electrons. The predicted molar refractivity (Wildman–Crippen MR) is 86.9 cm³/mol. The average Bonchev–Trinajstić information content (AvgIpc) is 3.25. The number of carbonyl (C=O) groups excluding carboxylic acids is 1. The number of rotatable bonds is 5. The molecule has 1 atom stereocenters. The molecule has 2 aromatic heterocycles. The Bertz CT molecular complexity index is 723. The average molecular weight is 350 g/mol. The van der Waals surface area contributed by atoms with E-state index in [4.69, 9.17) is 9.15 Å². The lowest BCUT2D eigenvalue weighted by Gasteiger charge is -2.39. The normalized spacial score (nSPS) is 21.0. The van der Waals surface area contributed by atoms with E-state index in [1.54, 1.807) is 28.9 Å². The third kappa shape index (κ3) is 3.07. The van der Waals surface area contributed by atoms with Crippen molar-refractivity contribution in [3.05, 3.63) is 29.7 Å². The maximum Gasteiger partial charge on any atom is 0.313 e. The largest absolute Gasteiger partial charge is 0.481 e. The van der Waals surface area contributed by atoms with Gasteiger partial charge in [0.15, 0.2) is 0 Å². The fourth-order valence-electron chi connectivity index (χ4n) is 2.99. The minimum atomic E-state index is -1.05. The molecule has 0 bridgehead atoms. The van der Waals surface area contributed by atoms with Gasteiger partial charge >= 0.3 is 5.97 Å². The molecule has 0 aliphatic carbocycles. The monoisotopic (exact) mass is 350 g/mol. The van der Waals surface area contributed by atoms with Gasteiger partial charge in [-0.2, -0.15) is 0 Å². The topological polar surface area (TPSA) is 92.9 Å². The first-order valence-electron chi connectivity index (χ1n) is 7.55. The zero-order chi connectivity index (χ0) is 17.2. The van der Waals surface area contributed by atoms with Gasteiger partial charge in [0, 0.05) is 31.1 Å². The second-order valence-corrected chi connectivity index (χ2v) is 6.76. The van der Waals surface area contributed by atoms with Gasteiger partial charge in [-0.25, -0.2) is 4.98 Å².